The SMILES string of the molecule is Cc1ccc2oc(=O)n(Cc3noc(C(=O)NCc4cccs4)n3)c2c1. The second kappa shape index (κ2) is 6.60. The van der Waals surface area contributed by atoms with E-state index in [-0.39, 0.29) is 18.3 Å². The fourth-order valence-corrected chi connectivity index (χ4v) is 3.17. The lowest BCUT2D eigenvalue weighted by Gasteiger charge is -1.99. The summed E-state index contributed by atoms with van der Waals surface area (Å²) in [5.74, 6) is -0.900. The summed E-state index contributed by atoms with van der Waals surface area (Å²) in [6, 6.07) is 9.27. The van der Waals surface area contributed by atoms with Crippen molar-refractivity contribution in [2.75, 3.05) is 0 Å². The van der Waals surface area contributed by atoms with Gasteiger partial charge in [-0.3, -0.25) is 9.36 Å². The Morgan fingerprint density at radius 2 is 2.23 bits per heavy atom. The van der Waals surface area contributed by atoms with Crippen LogP contribution >= 0.6 is 11.3 Å². The standard InChI is InChI=1S/C17H14N4O4S/c1-10-4-5-13-12(7-10)21(17(23)24-13)9-14-19-16(25-20-14)15(22)18-8-11-3-2-6-26-11/h2-7H,8-9H2,1H3,(H,18,22). The molecule has 0 fully saturated rings. The number of rotatable bonds is 5. The summed E-state index contributed by atoms with van der Waals surface area (Å²) >= 11 is 1.54. The number of hydrogen-bond acceptors (Lipinski definition) is 7. The maximum Gasteiger partial charge on any atom is 0.420 e. The van der Waals surface area contributed by atoms with Crippen LogP contribution in [-0.2, 0) is 13.1 Å². The smallest absolute Gasteiger partial charge is 0.408 e. The van der Waals surface area contributed by atoms with Gasteiger partial charge >= 0.3 is 17.6 Å². The van der Waals surface area contributed by atoms with Gasteiger partial charge in [0.1, 0.15) is 0 Å². The van der Waals surface area contributed by atoms with Crippen LogP contribution in [0.2, 0.25) is 0 Å². The number of aryl methyl sites for hydroxylation is 1. The second-order valence-electron chi connectivity index (χ2n) is 5.70. The summed E-state index contributed by atoms with van der Waals surface area (Å²) < 4.78 is 11.6. The van der Waals surface area contributed by atoms with Crippen LogP contribution in [0.25, 0.3) is 11.1 Å². The molecule has 0 aliphatic heterocycles. The highest BCUT2D eigenvalue weighted by atomic mass is 32.1. The van der Waals surface area contributed by atoms with E-state index in [0.29, 0.717) is 17.6 Å². The third-order valence-electron chi connectivity index (χ3n) is 3.79. The monoisotopic (exact) mass is 370 g/mol. The summed E-state index contributed by atoms with van der Waals surface area (Å²) in [5.41, 5.74) is 2.12. The minimum Gasteiger partial charge on any atom is -0.408 e. The van der Waals surface area contributed by atoms with Crippen molar-refractivity contribution in [2.45, 2.75) is 20.0 Å². The molecule has 1 amide bonds. The van der Waals surface area contributed by atoms with E-state index in [2.05, 4.69) is 15.5 Å². The maximum atomic E-state index is 12.1. The van der Waals surface area contributed by atoms with Crippen LogP contribution in [0.15, 0.2) is 49.4 Å². The first-order chi connectivity index (χ1) is 12.6. The first kappa shape index (κ1) is 16.3. The van der Waals surface area contributed by atoms with Gasteiger partial charge in [0.05, 0.1) is 18.6 Å². The van der Waals surface area contributed by atoms with Gasteiger partial charge < -0.3 is 14.3 Å². The number of nitrogens with zero attached hydrogens (tertiary/aromatic N) is 3. The molecule has 0 unspecified atom stereocenters. The van der Waals surface area contributed by atoms with Crippen LogP contribution in [0.1, 0.15) is 27.0 Å². The number of hydrogen-bond donors (Lipinski definition) is 1. The van der Waals surface area contributed by atoms with E-state index in [1.165, 1.54) is 4.57 Å². The molecular formula is C17H14N4O4S. The molecule has 0 aliphatic carbocycles. The summed E-state index contributed by atoms with van der Waals surface area (Å²) in [6.07, 6.45) is 0. The van der Waals surface area contributed by atoms with Gasteiger partial charge in [-0.1, -0.05) is 17.3 Å². The predicted octanol–water partition coefficient (Wildman–Crippen LogP) is 2.33. The average molecular weight is 370 g/mol. The molecule has 0 bridgehead atoms. The van der Waals surface area contributed by atoms with Gasteiger partial charge in [-0.05, 0) is 36.1 Å². The number of nitrogens with one attached hydrogen (secondary N) is 1. The average Bonchev–Trinajstić information content (AvgIpc) is 3.35. The molecule has 0 atom stereocenters. The number of benzene rings is 1. The van der Waals surface area contributed by atoms with Gasteiger partial charge in [-0.2, -0.15) is 4.98 Å². The molecule has 1 N–H and O–H groups in total. The largest absolute Gasteiger partial charge is 0.420 e. The van der Waals surface area contributed by atoms with Gasteiger partial charge in [-0.15, -0.1) is 11.3 Å². The van der Waals surface area contributed by atoms with Crippen LogP contribution in [0, 0.1) is 6.92 Å². The van der Waals surface area contributed by atoms with Gasteiger partial charge in [-0.25, -0.2) is 4.79 Å². The maximum absolute atomic E-state index is 12.1. The Bertz CT molecular complexity index is 1120. The van der Waals surface area contributed by atoms with E-state index in [1.807, 2.05) is 36.6 Å². The van der Waals surface area contributed by atoms with Crippen LogP contribution < -0.4 is 11.1 Å². The first-order valence-corrected chi connectivity index (χ1v) is 8.71. The summed E-state index contributed by atoms with van der Waals surface area (Å²) in [7, 11) is 0. The molecule has 26 heavy (non-hydrogen) atoms. The zero-order valence-corrected chi connectivity index (χ0v) is 14.6. The van der Waals surface area contributed by atoms with Gasteiger partial charge in [0.2, 0.25) is 0 Å². The van der Waals surface area contributed by atoms with Crippen molar-refractivity contribution in [3.8, 4) is 0 Å². The molecule has 4 rings (SSSR count). The van der Waals surface area contributed by atoms with E-state index < -0.39 is 11.7 Å². The molecule has 0 saturated heterocycles. The number of fused-ring (bicyclic) bond motifs is 1. The van der Waals surface area contributed by atoms with Crippen molar-refractivity contribution in [3.63, 3.8) is 0 Å². The van der Waals surface area contributed by atoms with Crippen molar-refractivity contribution in [1.29, 1.82) is 0 Å². The van der Waals surface area contributed by atoms with Crippen LogP contribution in [0.3, 0.4) is 0 Å². The molecule has 3 aromatic heterocycles. The number of amides is 1. The lowest BCUT2D eigenvalue weighted by atomic mass is 10.2. The molecular weight excluding hydrogens is 356 g/mol. The Balaban J connectivity index is 1.52. The first-order valence-electron chi connectivity index (χ1n) is 7.83. The highest BCUT2D eigenvalue weighted by Crippen LogP contribution is 2.15. The van der Waals surface area contributed by atoms with E-state index in [0.717, 1.165) is 10.4 Å². The zero-order chi connectivity index (χ0) is 18.1. The fraction of sp³-hybridized carbons (Fsp3) is 0.176. The van der Waals surface area contributed by atoms with Gasteiger partial charge in [0, 0.05) is 4.88 Å². The molecule has 0 saturated carbocycles. The number of oxazole rings is 1. The topological polar surface area (TPSA) is 103 Å². The highest BCUT2D eigenvalue weighted by Gasteiger charge is 2.17. The second-order valence-corrected chi connectivity index (χ2v) is 6.74. The van der Waals surface area contributed by atoms with Crippen molar-refractivity contribution in [3.05, 3.63) is 68.4 Å². The Hall–Kier alpha value is -3.20. The van der Waals surface area contributed by atoms with E-state index in [9.17, 15) is 9.59 Å². The molecule has 1 aromatic carbocycles. The lowest BCUT2D eigenvalue weighted by Crippen LogP contribution is -2.22. The zero-order valence-electron chi connectivity index (χ0n) is 13.8. The molecule has 0 aliphatic rings. The van der Waals surface area contributed by atoms with Crippen LogP contribution in [0.5, 0.6) is 0 Å². The molecule has 4 aromatic rings. The molecule has 0 spiro atoms. The number of thiophene rings is 1. The lowest BCUT2D eigenvalue weighted by molar-refractivity contribution is 0.0907. The Morgan fingerprint density at radius 1 is 1.35 bits per heavy atom. The van der Waals surface area contributed by atoms with Crippen LogP contribution in [0.4, 0.5) is 0 Å². The normalized spacial score (nSPS) is 11.1. The quantitative estimate of drug-likeness (QED) is 0.578. The highest BCUT2D eigenvalue weighted by molar-refractivity contribution is 7.09. The molecule has 132 valence electrons. The van der Waals surface area contributed by atoms with Crippen molar-refractivity contribution >= 4 is 28.3 Å². The molecule has 9 heteroatoms. The summed E-state index contributed by atoms with van der Waals surface area (Å²) in [5, 5.41) is 8.42. The number of carbonyl (C=O) groups is 1. The van der Waals surface area contributed by atoms with E-state index in [1.54, 1.807) is 17.4 Å². The molecule has 0 radical (unpaired) electrons. The summed E-state index contributed by atoms with van der Waals surface area (Å²) in [6.45, 7) is 2.36. The van der Waals surface area contributed by atoms with E-state index >= 15 is 0 Å². The molecule has 8 nitrogen and oxygen atoms in total. The van der Waals surface area contributed by atoms with E-state index in [4.69, 9.17) is 8.94 Å². The van der Waals surface area contributed by atoms with Gasteiger partial charge in [0.15, 0.2) is 11.4 Å². The van der Waals surface area contributed by atoms with Crippen molar-refractivity contribution in [1.82, 2.24) is 20.0 Å². The number of aromatic nitrogens is 3. The predicted molar refractivity (Wildman–Crippen MR) is 94.1 cm³/mol. The Kier molecular flexibility index (Phi) is 4.13. The Labute approximate surface area is 151 Å². The van der Waals surface area contributed by atoms with Crippen molar-refractivity contribution < 1.29 is 13.7 Å². The van der Waals surface area contributed by atoms with Crippen LogP contribution in [-0.4, -0.2) is 20.6 Å². The van der Waals surface area contributed by atoms with Gasteiger partial charge in [0.25, 0.3) is 0 Å². The number of carbonyl (C=O) groups excluding carboxylic acids is 1. The fourth-order valence-electron chi connectivity index (χ4n) is 2.53. The van der Waals surface area contributed by atoms with Crippen molar-refractivity contribution in [2.24, 2.45) is 0 Å². The minimum atomic E-state index is -0.515. The molecule has 3 heterocycles. The third-order valence-corrected chi connectivity index (χ3v) is 4.66. The summed E-state index contributed by atoms with van der Waals surface area (Å²) in [4.78, 5) is 29.2. The Morgan fingerprint density at radius 3 is 3.04 bits per heavy atom. The third kappa shape index (κ3) is 3.16. The minimum absolute atomic E-state index is 0.0526.